The molecule has 0 aliphatic carbocycles. The molecule has 0 amide bonds. The fraction of sp³-hybridized carbons (Fsp3) is 0.367. The van der Waals surface area contributed by atoms with Crippen LogP contribution in [-0.4, -0.2) is 45.5 Å². The van der Waals surface area contributed by atoms with E-state index in [1.807, 2.05) is 22.8 Å². The van der Waals surface area contributed by atoms with E-state index in [9.17, 15) is 4.79 Å². The summed E-state index contributed by atoms with van der Waals surface area (Å²) in [6.07, 6.45) is 4.48. The Morgan fingerprint density at radius 1 is 0.771 bits per heavy atom. The molecule has 35 heavy (non-hydrogen) atoms. The Labute approximate surface area is 208 Å². The van der Waals surface area contributed by atoms with E-state index in [1.165, 1.54) is 24.0 Å². The Morgan fingerprint density at radius 2 is 1.37 bits per heavy atom. The highest BCUT2D eigenvalue weighted by Crippen LogP contribution is 2.25. The highest BCUT2D eigenvalue weighted by atomic mass is 16.1. The zero-order valence-corrected chi connectivity index (χ0v) is 20.5. The first-order valence-electron chi connectivity index (χ1n) is 13.0. The number of hydrogen-bond acceptors (Lipinski definition) is 3. The highest BCUT2D eigenvalue weighted by Gasteiger charge is 2.23. The highest BCUT2D eigenvalue weighted by molar-refractivity contribution is 5.75. The number of nitrogens with one attached hydrogen (secondary N) is 1. The molecule has 0 saturated carbocycles. The Kier molecular flexibility index (Phi) is 7.76. The summed E-state index contributed by atoms with van der Waals surface area (Å²) >= 11 is 0. The van der Waals surface area contributed by atoms with Gasteiger partial charge in [0.2, 0.25) is 0 Å². The second kappa shape index (κ2) is 11.5. The van der Waals surface area contributed by atoms with Crippen LogP contribution in [0.25, 0.3) is 11.0 Å². The van der Waals surface area contributed by atoms with Gasteiger partial charge in [0.25, 0.3) is 0 Å². The number of benzene rings is 3. The van der Waals surface area contributed by atoms with Crippen LogP contribution in [-0.2, 0) is 13.1 Å². The van der Waals surface area contributed by atoms with Crippen molar-refractivity contribution in [3.05, 3.63) is 107 Å². The van der Waals surface area contributed by atoms with Crippen LogP contribution in [0.1, 0.15) is 42.9 Å². The first-order valence-corrected chi connectivity index (χ1v) is 13.0. The van der Waals surface area contributed by atoms with Gasteiger partial charge >= 0.3 is 5.69 Å². The van der Waals surface area contributed by atoms with Crippen molar-refractivity contribution in [3.8, 4) is 0 Å². The first-order chi connectivity index (χ1) is 17.3. The number of nitrogens with zero attached hydrogens (tertiary/aromatic N) is 3. The fourth-order valence-corrected chi connectivity index (χ4v) is 5.41. The van der Waals surface area contributed by atoms with Crippen molar-refractivity contribution in [3.63, 3.8) is 0 Å². The second-order valence-electron chi connectivity index (χ2n) is 9.78. The van der Waals surface area contributed by atoms with Crippen LogP contribution in [0.2, 0.25) is 0 Å². The van der Waals surface area contributed by atoms with Crippen LogP contribution in [0.5, 0.6) is 0 Å². The van der Waals surface area contributed by atoms with Gasteiger partial charge in [-0.2, -0.15) is 0 Å². The molecule has 2 heterocycles. The smallest absolute Gasteiger partial charge is 0.306 e. The van der Waals surface area contributed by atoms with Crippen LogP contribution in [0.15, 0.2) is 89.7 Å². The van der Waals surface area contributed by atoms with Gasteiger partial charge in [0.1, 0.15) is 0 Å². The zero-order chi connectivity index (χ0) is 23.9. The summed E-state index contributed by atoms with van der Waals surface area (Å²) in [5.74, 6) is 0. The summed E-state index contributed by atoms with van der Waals surface area (Å²) in [4.78, 5) is 20.7. The van der Waals surface area contributed by atoms with E-state index >= 15 is 0 Å². The molecule has 5 heteroatoms. The molecule has 1 aliphatic heterocycles. The number of unbranched alkanes of at least 4 members (excludes halogenated alkanes) is 1. The molecule has 5 nitrogen and oxygen atoms in total. The topological polar surface area (TPSA) is 44.3 Å². The SMILES string of the molecule is O=c1[nH]c2ccccc2n1C1CCN(CCCCN(Cc2ccccc2)Cc2ccccc2)CC1. The van der Waals surface area contributed by atoms with Crippen molar-refractivity contribution in [2.45, 2.75) is 44.8 Å². The molecule has 0 atom stereocenters. The lowest BCUT2D eigenvalue weighted by molar-refractivity contribution is 0.178. The summed E-state index contributed by atoms with van der Waals surface area (Å²) in [6, 6.07) is 29.9. The van der Waals surface area contributed by atoms with Gasteiger partial charge in [-0.15, -0.1) is 0 Å². The molecule has 0 bridgehead atoms. The van der Waals surface area contributed by atoms with Crippen molar-refractivity contribution < 1.29 is 0 Å². The molecular weight excluding hydrogens is 432 g/mol. The lowest BCUT2D eigenvalue weighted by atomic mass is 10.0. The minimum Gasteiger partial charge on any atom is -0.306 e. The molecule has 1 aliphatic rings. The average molecular weight is 469 g/mol. The molecule has 1 saturated heterocycles. The Morgan fingerprint density at radius 3 is 2.03 bits per heavy atom. The van der Waals surface area contributed by atoms with Crippen LogP contribution in [0, 0.1) is 0 Å². The van der Waals surface area contributed by atoms with Gasteiger partial charge in [0.05, 0.1) is 11.0 Å². The summed E-state index contributed by atoms with van der Waals surface area (Å²) in [7, 11) is 0. The molecule has 0 radical (unpaired) electrons. The predicted molar refractivity (Wildman–Crippen MR) is 144 cm³/mol. The summed E-state index contributed by atoms with van der Waals surface area (Å²) in [6.45, 7) is 6.34. The van der Waals surface area contributed by atoms with E-state index in [2.05, 4.69) is 81.5 Å². The molecule has 0 unspecified atom stereocenters. The largest absolute Gasteiger partial charge is 0.326 e. The Balaban J connectivity index is 1.10. The summed E-state index contributed by atoms with van der Waals surface area (Å²) in [5, 5.41) is 0. The van der Waals surface area contributed by atoms with Crippen molar-refractivity contribution >= 4 is 11.0 Å². The van der Waals surface area contributed by atoms with E-state index in [4.69, 9.17) is 0 Å². The summed E-state index contributed by atoms with van der Waals surface area (Å²) < 4.78 is 1.98. The normalized spacial score (nSPS) is 15.2. The quantitative estimate of drug-likeness (QED) is 0.315. The number of para-hydroxylation sites is 2. The maximum Gasteiger partial charge on any atom is 0.326 e. The van der Waals surface area contributed by atoms with Crippen molar-refractivity contribution in [2.24, 2.45) is 0 Å². The van der Waals surface area contributed by atoms with Gasteiger partial charge in [-0.05, 0) is 62.0 Å². The van der Waals surface area contributed by atoms with E-state index in [0.717, 1.165) is 63.1 Å². The average Bonchev–Trinajstić information content (AvgIpc) is 3.24. The number of piperidine rings is 1. The van der Waals surface area contributed by atoms with Gasteiger partial charge in [-0.3, -0.25) is 9.47 Å². The fourth-order valence-electron chi connectivity index (χ4n) is 5.41. The predicted octanol–water partition coefficient (Wildman–Crippen LogP) is 5.45. The number of aromatic amines is 1. The van der Waals surface area contributed by atoms with Gasteiger partial charge in [-0.1, -0.05) is 72.8 Å². The lowest BCUT2D eigenvalue weighted by Gasteiger charge is -2.32. The van der Waals surface area contributed by atoms with Crippen LogP contribution < -0.4 is 5.69 Å². The van der Waals surface area contributed by atoms with Crippen LogP contribution >= 0.6 is 0 Å². The first kappa shape index (κ1) is 23.6. The third-order valence-electron chi connectivity index (χ3n) is 7.24. The molecule has 1 fully saturated rings. The van der Waals surface area contributed by atoms with Gasteiger partial charge in [0, 0.05) is 32.2 Å². The van der Waals surface area contributed by atoms with Gasteiger partial charge in [0.15, 0.2) is 0 Å². The van der Waals surface area contributed by atoms with Gasteiger partial charge < -0.3 is 9.88 Å². The van der Waals surface area contributed by atoms with Crippen molar-refractivity contribution in [1.82, 2.24) is 19.4 Å². The maximum absolute atomic E-state index is 12.5. The number of rotatable bonds is 10. The van der Waals surface area contributed by atoms with E-state index in [1.54, 1.807) is 0 Å². The molecule has 3 aromatic carbocycles. The molecule has 1 aromatic heterocycles. The van der Waals surface area contributed by atoms with Crippen LogP contribution in [0.4, 0.5) is 0 Å². The monoisotopic (exact) mass is 468 g/mol. The number of aromatic nitrogens is 2. The number of hydrogen-bond donors (Lipinski definition) is 1. The third-order valence-corrected chi connectivity index (χ3v) is 7.24. The lowest BCUT2D eigenvalue weighted by Crippen LogP contribution is -2.37. The maximum atomic E-state index is 12.5. The Hall–Kier alpha value is -3.15. The molecule has 182 valence electrons. The minimum atomic E-state index is 0.0292. The number of imidazole rings is 1. The Bertz CT molecular complexity index is 1200. The molecule has 4 aromatic rings. The number of H-pyrrole nitrogens is 1. The van der Waals surface area contributed by atoms with Crippen molar-refractivity contribution in [2.75, 3.05) is 26.2 Å². The van der Waals surface area contributed by atoms with Gasteiger partial charge in [-0.25, -0.2) is 4.79 Å². The molecule has 1 N–H and O–H groups in total. The molecule has 5 rings (SSSR count). The molecule has 0 spiro atoms. The zero-order valence-electron chi connectivity index (χ0n) is 20.5. The molecular formula is C30H36N4O. The van der Waals surface area contributed by atoms with Crippen LogP contribution in [0.3, 0.4) is 0 Å². The van der Waals surface area contributed by atoms with Crippen molar-refractivity contribution in [1.29, 1.82) is 0 Å². The van der Waals surface area contributed by atoms with E-state index < -0.39 is 0 Å². The third kappa shape index (κ3) is 6.11. The minimum absolute atomic E-state index is 0.0292. The summed E-state index contributed by atoms with van der Waals surface area (Å²) in [5.41, 5.74) is 4.75. The van der Waals surface area contributed by atoms with E-state index in [0.29, 0.717) is 6.04 Å². The second-order valence-corrected chi connectivity index (χ2v) is 9.78. The number of fused-ring (bicyclic) bond motifs is 1. The standard InChI is InChI=1S/C30H36N4O/c35-30-31-28-15-7-8-16-29(28)34(30)27-17-21-32(22-18-27)19-9-10-20-33(23-25-11-3-1-4-12-25)24-26-13-5-2-6-14-26/h1-8,11-16,27H,9-10,17-24H2,(H,31,35). The van der Waals surface area contributed by atoms with E-state index in [-0.39, 0.29) is 5.69 Å². The number of likely N-dealkylation sites (tertiary alicyclic amines) is 1.